The minimum Gasteiger partial charge on any atom is -0.477 e. The number of ether oxygens (including phenoxy) is 2. The van der Waals surface area contributed by atoms with E-state index in [9.17, 15) is 14.7 Å². The molecule has 2 atom stereocenters. The molecule has 0 aromatic carbocycles. The van der Waals surface area contributed by atoms with Gasteiger partial charge in [-0.05, 0) is 43.4 Å². The Hall–Kier alpha value is -1.46. The van der Waals surface area contributed by atoms with Crippen LogP contribution in [0.25, 0.3) is 0 Å². The van der Waals surface area contributed by atoms with Gasteiger partial charge >= 0.3 is 5.97 Å². The van der Waals surface area contributed by atoms with Crippen LogP contribution in [0.1, 0.15) is 78.6 Å². The largest absolute Gasteiger partial charge is 0.477 e. The summed E-state index contributed by atoms with van der Waals surface area (Å²) in [5.41, 5.74) is 0.309. The maximum absolute atomic E-state index is 12.3. The summed E-state index contributed by atoms with van der Waals surface area (Å²) < 4.78 is 10.1. The highest BCUT2D eigenvalue weighted by Crippen LogP contribution is 2.34. The van der Waals surface area contributed by atoms with E-state index in [1.807, 2.05) is 12.2 Å². The Bertz CT molecular complexity index is 572. The molecule has 0 spiro atoms. The van der Waals surface area contributed by atoms with Crippen molar-refractivity contribution in [1.29, 1.82) is 0 Å². The van der Waals surface area contributed by atoms with Gasteiger partial charge in [0.2, 0.25) is 0 Å². The molecule has 1 aliphatic rings. The average molecular weight is 409 g/mol. The summed E-state index contributed by atoms with van der Waals surface area (Å²) in [5.74, 6) is -2.05. The van der Waals surface area contributed by atoms with Gasteiger partial charge in [-0.3, -0.25) is 4.79 Å². The van der Waals surface area contributed by atoms with E-state index >= 15 is 0 Å². The van der Waals surface area contributed by atoms with Crippen LogP contribution in [-0.4, -0.2) is 36.9 Å². The lowest BCUT2D eigenvalue weighted by atomic mass is 9.83. The van der Waals surface area contributed by atoms with Crippen molar-refractivity contribution < 1.29 is 24.2 Å². The predicted octanol–water partition coefficient (Wildman–Crippen LogP) is 5.54. The van der Waals surface area contributed by atoms with Crippen LogP contribution in [0, 0.1) is 17.3 Å². The second-order valence-corrected chi connectivity index (χ2v) is 8.89. The van der Waals surface area contributed by atoms with Gasteiger partial charge in [0.05, 0.1) is 0 Å². The molecule has 5 nitrogen and oxygen atoms in total. The summed E-state index contributed by atoms with van der Waals surface area (Å²) in [5, 5.41) is 9.28. The van der Waals surface area contributed by atoms with Crippen LogP contribution in [0.15, 0.2) is 24.3 Å². The number of unbranched alkanes of at least 4 members (excludes halogenated alkanes) is 1. The van der Waals surface area contributed by atoms with Gasteiger partial charge in [0, 0.05) is 33.0 Å². The number of ketones is 1. The number of carbonyl (C=O) groups is 2. The number of hydrogen-bond donors (Lipinski definition) is 1. The molecule has 0 unspecified atom stereocenters. The molecule has 166 valence electrons. The fraction of sp³-hybridized carbons (Fsp3) is 0.750. The molecule has 0 aliphatic heterocycles. The monoisotopic (exact) mass is 408 g/mol. The third kappa shape index (κ3) is 8.06. The van der Waals surface area contributed by atoms with Crippen molar-refractivity contribution in [2.45, 2.75) is 84.3 Å². The van der Waals surface area contributed by atoms with E-state index in [2.05, 4.69) is 32.9 Å². The maximum atomic E-state index is 12.3. The van der Waals surface area contributed by atoms with Crippen LogP contribution < -0.4 is 0 Å². The zero-order chi connectivity index (χ0) is 21.9. The molecule has 1 aliphatic carbocycles. The van der Waals surface area contributed by atoms with E-state index in [-0.39, 0.29) is 12.3 Å². The van der Waals surface area contributed by atoms with E-state index in [0.717, 1.165) is 12.8 Å². The van der Waals surface area contributed by atoms with Crippen molar-refractivity contribution in [3.05, 3.63) is 24.3 Å². The normalized spacial score (nSPS) is 20.9. The number of carboxylic acids is 1. The first-order valence-corrected chi connectivity index (χ1v) is 10.9. The Morgan fingerprint density at radius 3 is 2.45 bits per heavy atom. The van der Waals surface area contributed by atoms with Crippen LogP contribution in [0.4, 0.5) is 0 Å². The van der Waals surface area contributed by atoms with Crippen molar-refractivity contribution >= 4 is 11.8 Å². The molecule has 0 bridgehead atoms. The van der Waals surface area contributed by atoms with Gasteiger partial charge < -0.3 is 14.6 Å². The van der Waals surface area contributed by atoms with Crippen LogP contribution in [-0.2, 0) is 19.1 Å². The fourth-order valence-corrected chi connectivity index (χ4v) is 3.99. The van der Waals surface area contributed by atoms with Gasteiger partial charge in [0.25, 0.3) is 5.79 Å². The van der Waals surface area contributed by atoms with Crippen molar-refractivity contribution in [2.24, 2.45) is 17.3 Å². The van der Waals surface area contributed by atoms with Crippen molar-refractivity contribution in [2.75, 3.05) is 14.2 Å². The van der Waals surface area contributed by atoms with Gasteiger partial charge in [-0.15, -0.1) is 0 Å². The molecular formula is C24H40O5. The summed E-state index contributed by atoms with van der Waals surface area (Å²) in [6.45, 7) is 6.84. The van der Waals surface area contributed by atoms with Crippen LogP contribution in [0.5, 0.6) is 0 Å². The summed E-state index contributed by atoms with van der Waals surface area (Å²) in [6, 6.07) is 0. The maximum Gasteiger partial charge on any atom is 0.364 e. The van der Waals surface area contributed by atoms with Gasteiger partial charge in [0.1, 0.15) is 5.78 Å². The first-order valence-electron chi connectivity index (χ1n) is 10.9. The van der Waals surface area contributed by atoms with Crippen molar-refractivity contribution in [3.8, 4) is 0 Å². The quantitative estimate of drug-likeness (QED) is 0.301. The lowest BCUT2D eigenvalue weighted by Gasteiger charge is -2.25. The molecule has 1 N–H and O–H groups in total. The Balaban J connectivity index is 2.54. The molecule has 5 heteroatoms. The number of methoxy groups -OCH3 is 2. The summed E-state index contributed by atoms with van der Waals surface area (Å²) in [6.07, 6.45) is 16.2. The highest BCUT2D eigenvalue weighted by molar-refractivity contribution is 5.83. The molecular weight excluding hydrogens is 368 g/mol. The molecule has 1 fully saturated rings. The Morgan fingerprint density at radius 1 is 1.17 bits per heavy atom. The van der Waals surface area contributed by atoms with Crippen LogP contribution in [0.3, 0.4) is 0 Å². The van der Waals surface area contributed by atoms with E-state index in [1.165, 1.54) is 33.5 Å². The summed E-state index contributed by atoms with van der Waals surface area (Å²) in [4.78, 5) is 23.7. The van der Waals surface area contributed by atoms with Gasteiger partial charge in [0.15, 0.2) is 0 Å². The lowest BCUT2D eigenvalue weighted by molar-refractivity contribution is -0.227. The van der Waals surface area contributed by atoms with Crippen molar-refractivity contribution in [3.63, 3.8) is 0 Å². The number of aliphatic carboxylic acids is 1. The topological polar surface area (TPSA) is 72.8 Å². The number of hydrogen-bond acceptors (Lipinski definition) is 4. The first-order chi connectivity index (χ1) is 13.7. The van der Waals surface area contributed by atoms with Gasteiger partial charge in [-0.2, -0.15) is 0 Å². The average Bonchev–Trinajstić information content (AvgIpc) is 3.03. The molecule has 0 amide bonds. The van der Waals surface area contributed by atoms with Gasteiger partial charge in [-0.25, -0.2) is 4.79 Å². The first kappa shape index (κ1) is 25.6. The highest BCUT2D eigenvalue weighted by Gasteiger charge is 2.38. The number of rotatable bonds is 14. The molecule has 1 rings (SSSR count). The highest BCUT2D eigenvalue weighted by atomic mass is 16.7. The molecule has 0 heterocycles. The lowest BCUT2D eigenvalue weighted by Crippen LogP contribution is -2.42. The Labute approximate surface area is 176 Å². The summed E-state index contributed by atoms with van der Waals surface area (Å²) in [7, 11) is 2.66. The Kier molecular flexibility index (Phi) is 10.8. The minimum atomic E-state index is -1.61. The smallest absolute Gasteiger partial charge is 0.364 e. The zero-order valence-corrected chi connectivity index (χ0v) is 18.9. The summed E-state index contributed by atoms with van der Waals surface area (Å²) >= 11 is 0. The number of Topliss-reactive ketones (excluding diaryl/α,β-unsaturated/α-hetero) is 1. The standard InChI is InChI=1S/C24H40O5/c1-6-7-16-23(2,3)17-11-12-19-14-15-21(25)20(19)13-9-8-10-18-24(28-4,29-5)22(26)27/h8-9,11-12,19-20H,6-7,10,13-18H2,1-5H3,(H,26,27)/b9-8-,12-11+/t19-,20+/m0/s1. The van der Waals surface area contributed by atoms with E-state index in [4.69, 9.17) is 9.47 Å². The van der Waals surface area contributed by atoms with E-state index < -0.39 is 11.8 Å². The van der Waals surface area contributed by atoms with Crippen LogP contribution in [0.2, 0.25) is 0 Å². The minimum absolute atomic E-state index is 0.0373. The number of allylic oxidation sites excluding steroid dienone is 4. The SMILES string of the molecule is CCCCC(C)(C)C/C=C/[C@H]1CCC(=O)[C@@H]1C/C=C\CCC(OC)(OC)C(=O)O. The van der Waals surface area contributed by atoms with Crippen LogP contribution >= 0.6 is 0 Å². The number of carboxylic acid groups (broad SMARTS) is 1. The van der Waals surface area contributed by atoms with E-state index in [0.29, 0.717) is 36.4 Å². The molecule has 0 saturated heterocycles. The fourth-order valence-electron chi connectivity index (χ4n) is 3.99. The van der Waals surface area contributed by atoms with E-state index in [1.54, 1.807) is 0 Å². The Morgan fingerprint density at radius 2 is 1.86 bits per heavy atom. The van der Waals surface area contributed by atoms with Gasteiger partial charge in [-0.1, -0.05) is 57.9 Å². The second-order valence-electron chi connectivity index (χ2n) is 8.89. The molecule has 1 saturated carbocycles. The number of carbonyl (C=O) groups excluding carboxylic acids is 1. The molecule has 0 aromatic rings. The molecule has 29 heavy (non-hydrogen) atoms. The molecule has 0 aromatic heterocycles. The predicted molar refractivity (Wildman–Crippen MR) is 116 cm³/mol. The third-order valence-corrected chi connectivity index (χ3v) is 6.10. The third-order valence-electron chi connectivity index (χ3n) is 6.10. The second kappa shape index (κ2) is 12.3. The van der Waals surface area contributed by atoms with Crippen molar-refractivity contribution in [1.82, 2.24) is 0 Å². The molecule has 0 radical (unpaired) electrons. The zero-order valence-electron chi connectivity index (χ0n) is 18.9.